The smallest absolute Gasteiger partial charge is 0.256 e. The van der Waals surface area contributed by atoms with Crippen LogP contribution in [0.25, 0.3) is 5.69 Å². The highest BCUT2D eigenvalue weighted by Crippen LogP contribution is 2.28. The van der Waals surface area contributed by atoms with Crippen LogP contribution in [0.2, 0.25) is 9.49 Å². The van der Waals surface area contributed by atoms with Crippen LogP contribution in [0, 0.1) is 6.92 Å². The molecule has 0 saturated carbocycles. The van der Waals surface area contributed by atoms with Crippen LogP contribution in [0.15, 0.2) is 42.5 Å². The number of hydrogen-bond donors (Lipinski definition) is 1. The SMILES string of the molecule is Cc1nn(-c2ccccc2)c(Cl)c1C(=O)NC(C)c1ccc(Cl)s1. The number of carbonyl (C=O) groups is 1. The van der Waals surface area contributed by atoms with E-state index in [0.29, 0.717) is 20.7 Å². The topological polar surface area (TPSA) is 46.9 Å². The van der Waals surface area contributed by atoms with E-state index in [1.165, 1.54) is 11.3 Å². The van der Waals surface area contributed by atoms with Crippen LogP contribution in [0.1, 0.15) is 33.9 Å². The van der Waals surface area contributed by atoms with Crippen LogP contribution >= 0.6 is 34.5 Å². The molecule has 7 heteroatoms. The highest BCUT2D eigenvalue weighted by Gasteiger charge is 2.23. The second-order valence-corrected chi connectivity index (χ2v) is 7.44. The summed E-state index contributed by atoms with van der Waals surface area (Å²) in [6, 6.07) is 13.0. The van der Waals surface area contributed by atoms with Gasteiger partial charge in [-0.25, -0.2) is 4.68 Å². The van der Waals surface area contributed by atoms with E-state index < -0.39 is 0 Å². The summed E-state index contributed by atoms with van der Waals surface area (Å²) < 4.78 is 2.26. The van der Waals surface area contributed by atoms with Gasteiger partial charge in [-0.05, 0) is 38.1 Å². The number of para-hydroxylation sites is 1. The standard InChI is InChI=1S/C17H15Cl2N3OS/c1-10(13-8-9-14(18)24-13)20-17(23)15-11(2)21-22(16(15)19)12-6-4-3-5-7-12/h3-10H,1-2H3,(H,20,23). The van der Waals surface area contributed by atoms with Crippen LogP contribution in [-0.4, -0.2) is 15.7 Å². The first-order valence-electron chi connectivity index (χ1n) is 7.34. The van der Waals surface area contributed by atoms with E-state index >= 15 is 0 Å². The summed E-state index contributed by atoms with van der Waals surface area (Å²) in [4.78, 5) is 13.6. The van der Waals surface area contributed by atoms with E-state index in [1.54, 1.807) is 11.6 Å². The Morgan fingerprint density at radius 3 is 2.54 bits per heavy atom. The van der Waals surface area contributed by atoms with Crippen molar-refractivity contribution in [2.45, 2.75) is 19.9 Å². The molecule has 1 amide bonds. The number of hydrogen-bond acceptors (Lipinski definition) is 3. The van der Waals surface area contributed by atoms with Crippen LogP contribution in [0.4, 0.5) is 0 Å². The molecule has 0 aliphatic carbocycles. The first-order valence-corrected chi connectivity index (χ1v) is 8.91. The molecule has 1 atom stereocenters. The number of benzene rings is 1. The van der Waals surface area contributed by atoms with Gasteiger partial charge in [-0.1, -0.05) is 41.4 Å². The molecule has 3 aromatic rings. The minimum Gasteiger partial charge on any atom is -0.345 e. The van der Waals surface area contributed by atoms with Gasteiger partial charge in [-0.2, -0.15) is 5.10 Å². The third-order valence-corrected chi connectivity index (χ3v) is 5.36. The molecule has 1 unspecified atom stereocenters. The van der Waals surface area contributed by atoms with Crippen molar-refractivity contribution < 1.29 is 4.79 Å². The molecule has 0 aliphatic heterocycles. The van der Waals surface area contributed by atoms with E-state index in [4.69, 9.17) is 23.2 Å². The van der Waals surface area contributed by atoms with Gasteiger partial charge in [0.15, 0.2) is 0 Å². The highest BCUT2D eigenvalue weighted by atomic mass is 35.5. The zero-order valence-electron chi connectivity index (χ0n) is 13.1. The van der Waals surface area contributed by atoms with Crippen molar-refractivity contribution in [3.63, 3.8) is 0 Å². The summed E-state index contributed by atoms with van der Waals surface area (Å²) in [6.07, 6.45) is 0. The predicted octanol–water partition coefficient (Wildman–Crippen LogP) is 5.04. The predicted molar refractivity (Wildman–Crippen MR) is 98.5 cm³/mol. The third-order valence-electron chi connectivity index (χ3n) is 3.60. The second-order valence-electron chi connectivity index (χ2n) is 5.34. The van der Waals surface area contributed by atoms with Gasteiger partial charge in [-0.3, -0.25) is 4.79 Å². The maximum Gasteiger partial charge on any atom is 0.256 e. The van der Waals surface area contributed by atoms with Crippen LogP contribution < -0.4 is 5.32 Å². The fourth-order valence-electron chi connectivity index (χ4n) is 2.40. The first-order chi connectivity index (χ1) is 11.5. The molecule has 0 saturated heterocycles. The van der Waals surface area contributed by atoms with Crippen LogP contribution in [-0.2, 0) is 0 Å². The zero-order valence-corrected chi connectivity index (χ0v) is 15.4. The fraction of sp³-hybridized carbons (Fsp3) is 0.176. The first kappa shape index (κ1) is 17.0. The molecular weight excluding hydrogens is 365 g/mol. The largest absolute Gasteiger partial charge is 0.345 e. The van der Waals surface area contributed by atoms with E-state index in [2.05, 4.69) is 10.4 Å². The summed E-state index contributed by atoms with van der Waals surface area (Å²) in [5, 5.41) is 7.64. The molecule has 1 N–H and O–H groups in total. The zero-order chi connectivity index (χ0) is 17.3. The number of nitrogens with one attached hydrogen (secondary N) is 1. The van der Waals surface area contributed by atoms with Gasteiger partial charge in [0.25, 0.3) is 5.91 Å². The maximum absolute atomic E-state index is 12.6. The molecule has 4 nitrogen and oxygen atoms in total. The Morgan fingerprint density at radius 1 is 1.21 bits per heavy atom. The molecule has 3 rings (SSSR count). The summed E-state index contributed by atoms with van der Waals surface area (Å²) in [5.41, 5.74) is 1.77. The molecular formula is C17H15Cl2N3OS. The molecule has 24 heavy (non-hydrogen) atoms. The van der Waals surface area contributed by atoms with Crippen molar-refractivity contribution in [1.29, 1.82) is 0 Å². The van der Waals surface area contributed by atoms with Gasteiger partial charge in [-0.15, -0.1) is 11.3 Å². The number of aromatic nitrogens is 2. The fourth-order valence-corrected chi connectivity index (χ4v) is 3.82. The molecule has 124 valence electrons. The summed E-state index contributed by atoms with van der Waals surface area (Å²) in [7, 11) is 0. The Kier molecular flexibility index (Phi) is 4.94. The van der Waals surface area contributed by atoms with Gasteiger partial charge >= 0.3 is 0 Å². The minimum atomic E-state index is -0.253. The van der Waals surface area contributed by atoms with Crippen molar-refractivity contribution in [2.24, 2.45) is 0 Å². The molecule has 2 aromatic heterocycles. The van der Waals surface area contributed by atoms with E-state index in [-0.39, 0.29) is 11.9 Å². The normalized spacial score (nSPS) is 12.2. The number of nitrogens with zero attached hydrogens (tertiary/aromatic N) is 2. The molecule has 0 fully saturated rings. The number of thiophene rings is 1. The van der Waals surface area contributed by atoms with Crippen molar-refractivity contribution in [2.75, 3.05) is 0 Å². The minimum absolute atomic E-state index is 0.162. The molecule has 0 radical (unpaired) electrons. The Labute approximate surface area is 154 Å². The van der Waals surface area contributed by atoms with Gasteiger partial charge in [0.1, 0.15) is 5.15 Å². The molecule has 0 bridgehead atoms. The lowest BCUT2D eigenvalue weighted by molar-refractivity contribution is 0.0940. The highest BCUT2D eigenvalue weighted by molar-refractivity contribution is 7.16. The monoisotopic (exact) mass is 379 g/mol. The lowest BCUT2D eigenvalue weighted by Gasteiger charge is -2.12. The number of carbonyl (C=O) groups excluding carboxylic acids is 1. The van der Waals surface area contributed by atoms with E-state index in [1.807, 2.05) is 49.4 Å². The number of amides is 1. The van der Waals surface area contributed by atoms with E-state index in [0.717, 1.165) is 10.6 Å². The Morgan fingerprint density at radius 2 is 1.92 bits per heavy atom. The average Bonchev–Trinajstić information content (AvgIpc) is 3.11. The maximum atomic E-state index is 12.6. The summed E-state index contributed by atoms with van der Waals surface area (Å²) >= 11 is 13.8. The van der Waals surface area contributed by atoms with Crippen LogP contribution in [0.5, 0.6) is 0 Å². The molecule has 0 aliphatic rings. The lowest BCUT2D eigenvalue weighted by atomic mass is 10.2. The molecule has 1 aromatic carbocycles. The van der Waals surface area contributed by atoms with Crippen molar-refractivity contribution in [3.05, 3.63) is 68.1 Å². The van der Waals surface area contributed by atoms with Crippen molar-refractivity contribution in [1.82, 2.24) is 15.1 Å². The van der Waals surface area contributed by atoms with Gasteiger partial charge in [0, 0.05) is 4.88 Å². The molecule has 2 heterocycles. The quantitative estimate of drug-likeness (QED) is 0.689. The average molecular weight is 380 g/mol. The van der Waals surface area contributed by atoms with Crippen molar-refractivity contribution in [3.8, 4) is 5.69 Å². The van der Waals surface area contributed by atoms with Gasteiger partial charge in [0.05, 0.1) is 27.3 Å². The van der Waals surface area contributed by atoms with Crippen molar-refractivity contribution >= 4 is 40.4 Å². The number of aryl methyl sites for hydroxylation is 1. The van der Waals surface area contributed by atoms with Crippen LogP contribution in [0.3, 0.4) is 0 Å². The Bertz CT molecular complexity index is 873. The van der Waals surface area contributed by atoms with Gasteiger partial charge < -0.3 is 5.32 Å². The lowest BCUT2D eigenvalue weighted by Crippen LogP contribution is -2.26. The number of halogens is 2. The Hall–Kier alpha value is -1.82. The third kappa shape index (κ3) is 3.34. The molecule has 0 spiro atoms. The summed E-state index contributed by atoms with van der Waals surface area (Å²) in [5.74, 6) is -0.253. The van der Waals surface area contributed by atoms with Gasteiger partial charge in [0.2, 0.25) is 0 Å². The Balaban J connectivity index is 1.87. The summed E-state index contributed by atoms with van der Waals surface area (Å²) in [6.45, 7) is 3.68. The number of rotatable bonds is 4. The van der Waals surface area contributed by atoms with E-state index in [9.17, 15) is 4.79 Å². The second kappa shape index (κ2) is 6.97.